The predicted molar refractivity (Wildman–Crippen MR) is 65.4 cm³/mol. The molecule has 2 rings (SSSR count). The minimum absolute atomic E-state index is 0.319. The van der Waals surface area contributed by atoms with Crippen LogP contribution in [0.25, 0.3) is 21.8 Å². The van der Waals surface area contributed by atoms with Crippen LogP contribution in [0.2, 0.25) is 0 Å². The summed E-state index contributed by atoms with van der Waals surface area (Å²) in [5.74, 6) is 1.28. The number of azide groups is 1. The molecule has 0 aliphatic rings. The molecule has 0 spiro atoms. The van der Waals surface area contributed by atoms with Crippen LogP contribution in [0.15, 0.2) is 29.4 Å². The summed E-state index contributed by atoms with van der Waals surface area (Å²) in [7, 11) is 1.60. The van der Waals surface area contributed by atoms with E-state index in [1.807, 2.05) is 24.3 Å². The normalized spacial score (nSPS) is 10.1. The predicted octanol–water partition coefficient (Wildman–Crippen LogP) is 2.43. The van der Waals surface area contributed by atoms with Gasteiger partial charge in [-0.25, -0.2) is 4.98 Å². The van der Waals surface area contributed by atoms with E-state index in [-0.39, 0.29) is 0 Å². The molecule has 18 heavy (non-hydrogen) atoms. The number of ether oxygens (including phenoxy) is 1. The molecule has 1 aromatic carbocycles. The van der Waals surface area contributed by atoms with Gasteiger partial charge in [-0.1, -0.05) is 23.3 Å². The van der Waals surface area contributed by atoms with Crippen LogP contribution in [-0.2, 0) is 17.9 Å². The standard InChI is InChI=1S/C11H12N6O/c1-18-7-10-14-11(16-15-10)9-4-2-3-8(5-9)6-13-17-12/h2-5H,6-7H2,1H3,(H,14,15,16). The fourth-order valence-electron chi connectivity index (χ4n) is 1.55. The van der Waals surface area contributed by atoms with Crippen LogP contribution in [0.1, 0.15) is 11.4 Å². The highest BCUT2D eigenvalue weighted by Crippen LogP contribution is 2.17. The van der Waals surface area contributed by atoms with Gasteiger partial charge in [-0.2, -0.15) is 5.10 Å². The Hall–Kier alpha value is -2.37. The molecule has 0 aliphatic carbocycles. The number of aromatic amines is 1. The number of hydrogen-bond acceptors (Lipinski definition) is 4. The van der Waals surface area contributed by atoms with Crippen LogP contribution in [-0.4, -0.2) is 22.3 Å². The molecule has 2 aromatic rings. The lowest BCUT2D eigenvalue weighted by Crippen LogP contribution is -1.89. The molecule has 0 aliphatic heterocycles. The third-order valence-corrected chi connectivity index (χ3v) is 2.31. The molecular weight excluding hydrogens is 232 g/mol. The third kappa shape index (κ3) is 2.85. The topological polar surface area (TPSA) is 99.6 Å². The van der Waals surface area contributed by atoms with Gasteiger partial charge in [0.25, 0.3) is 0 Å². The van der Waals surface area contributed by atoms with E-state index in [2.05, 4.69) is 25.2 Å². The van der Waals surface area contributed by atoms with Gasteiger partial charge in [0, 0.05) is 17.6 Å². The fourth-order valence-corrected chi connectivity index (χ4v) is 1.55. The number of rotatable bonds is 5. The zero-order chi connectivity index (χ0) is 12.8. The Labute approximate surface area is 103 Å². The maximum atomic E-state index is 8.29. The van der Waals surface area contributed by atoms with Crippen molar-refractivity contribution in [2.24, 2.45) is 5.11 Å². The first-order valence-electron chi connectivity index (χ1n) is 5.34. The molecule has 0 saturated carbocycles. The monoisotopic (exact) mass is 244 g/mol. The lowest BCUT2D eigenvalue weighted by molar-refractivity contribution is 0.178. The largest absolute Gasteiger partial charge is 0.377 e. The first kappa shape index (κ1) is 12.1. The minimum atomic E-state index is 0.319. The number of hydrogen-bond donors (Lipinski definition) is 1. The molecule has 1 N–H and O–H groups in total. The Morgan fingerprint density at radius 1 is 1.50 bits per heavy atom. The summed E-state index contributed by atoms with van der Waals surface area (Å²) in [6.07, 6.45) is 0. The first-order chi connectivity index (χ1) is 8.83. The minimum Gasteiger partial charge on any atom is -0.377 e. The van der Waals surface area contributed by atoms with Gasteiger partial charge >= 0.3 is 0 Å². The van der Waals surface area contributed by atoms with Crippen LogP contribution >= 0.6 is 0 Å². The second-order valence-corrected chi connectivity index (χ2v) is 3.63. The lowest BCUT2D eigenvalue weighted by Gasteiger charge is -1.98. The van der Waals surface area contributed by atoms with Crippen molar-refractivity contribution in [3.8, 4) is 11.4 Å². The maximum Gasteiger partial charge on any atom is 0.181 e. The van der Waals surface area contributed by atoms with Gasteiger partial charge in [0.2, 0.25) is 0 Å². The van der Waals surface area contributed by atoms with Crippen LogP contribution in [0.5, 0.6) is 0 Å². The highest BCUT2D eigenvalue weighted by molar-refractivity contribution is 5.55. The molecule has 0 radical (unpaired) electrons. The lowest BCUT2D eigenvalue weighted by atomic mass is 10.1. The average Bonchev–Trinajstić information content (AvgIpc) is 2.86. The molecule has 0 amide bonds. The van der Waals surface area contributed by atoms with Gasteiger partial charge in [0.15, 0.2) is 11.6 Å². The second kappa shape index (κ2) is 5.81. The fraction of sp³-hybridized carbons (Fsp3) is 0.273. The molecule has 0 bridgehead atoms. The van der Waals surface area contributed by atoms with Crippen molar-refractivity contribution in [3.05, 3.63) is 46.1 Å². The molecule has 0 fully saturated rings. The van der Waals surface area contributed by atoms with Gasteiger partial charge in [-0.3, -0.25) is 5.10 Å². The van der Waals surface area contributed by atoms with Crippen molar-refractivity contribution in [2.75, 3.05) is 7.11 Å². The van der Waals surface area contributed by atoms with E-state index in [4.69, 9.17) is 10.3 Å². The molecule has 1 aromatic heterocycles. The first-order valence-corrected chi connectivity index (χ1v) is 5.34. The van der Waals surface area contributed by atoms with E-state index in [0.717, 1.165) is 11.1 Å². The summed E-state index contributed by atoms with van der Waals surface area (Å²) < 4.78 is 4.97. The number of benzene rings is 1. The van der Waals surface area contributed by atoms with Crippen molar-refractivity contribution >= 4 is 0 Å². The van der Waals surface area contributed by atoms with Crippen LogP contribution in [0, 0.1) is 0 Å². The smallest absolute Gasteiger partial charge is 0.181 e. The van der Waals surface area contributed by atoms with Crippen molar-refractivity contribution < 1.29 is 4.74 Å². The SMILES string of the molecule is COCc1nc(-c2cccc(CN=[N+]=[N-])c2)n[nH]1. The summed E-state index contributed by atoms with van der Waals surface area (Å²) in [6, 6.07) is 7.57. The number of aromatic nitrogens is 3. The third-order valence-electron chi connectivity index (χ3n) is 2.31. The van der Waals surface area contributed by atoms with Crippen molar-refractivity contribution in [3.63, 3.8) is 0 Å². The molecular formula is C11H12N6O. The van der Waals surface area contributed by atoms with Crippen molar-refractivity contribution in [1.29, 1.82) is 0 Å². The van der Waals surface area contributed by atoms with E-state index in [1.165, 1.54) is 0 Å². The van der Waals surface area contributed by atoms with E-state index < -0.39 is 0 Å². The number of methoxy groups -OCH3 is 1. The van der Waals surface area contributed by atoms with Crippen LogP contribution < -0.4 is 0 Å². The zero-order valence-corrected chi connectivity index (χ0v) is 9.87. The van der Waals surface area contributed by atoms with Gasteiger partial charge in [-0.05, 0) is 17.2 Å². The van der Waals surface area contributed by atoms with Gasteiger partial charge < -0.3 is 4.74 Å². The highest BCUT2D eigenvalue weighted by atomic mass is 16.5. The Balaban J connectivity index is 2.23. The molecule has 7 heteroatoms. The van der Waals surface area contributed by atoms with Gasteiger partial charge in [0.1, 0.15) is 6.61 Å². The van der Waals surface area contributed by atoms with Crippen LogP contribution in [0.3, 0.4) is 0 Å². The number of nitrogens with zero attached hydrogens (tertiary/aromatic N) is 5. The molecule has 7 nitrogen and oxygen atoms in total. The zero-order valence-electron chi connectivity index (χ0n) is 9.87. The second-order valence-electron chi connectivity index (χ2n) is 3.63. The number of nitrogens with one attached hydrogen (secondary N) is 1. The van der Waals surface area contributed by atoms with Gasteiger partial charge in [-0.15, -0.1) is 0 Å². The maximum absolute atomic E-state index is 8.29. The van der Waals surface area contributed by atoms with E-state index in [9.17, 15) is 0 Å². The van der Waals surface area contributed by atoms with Crippen LogP contribution in [0.4, 0.5) is 0 Å². The summed E-state index contributed by atoms with van der Waals surface area (Å²) in [4.78, 5) is 7.03. The molecule has 0 unspecified atom stereocenters. The van der Waals surface area contributed by atoms with E-state index in [0.29, 0.717) is 24.8 Å². The Morgan fingerprint density at radius 3 is 3.17 bits per heavy atom. The Bertz CT molecular complexity index is 572. The average molecular weight is 244 g/mol. The molecule has 0 saturated heterocycles. The van der Waals surface area contributed by atoms with Gasteiger partial charge in [0.05, 0.1) is 6.54 Å². The summed E-state index contributed by atoms with van der Waals surface area (Å²) >= 11 is 0. The molecule has 0 atom stereocenters. The number of H-pyrrole nitrogens is 1. The summed E-state index contributed by atoms with van der Waals surface area (Å²) in [6.45, 7) is 0.713. The highest BCUT2D eigenvalue weighted by Gasteiger charge is 2.06. The quantitative estimate of drug-likeness (QED) is 0.496. The molecule has 1 heterocycles. The van der Waals surface area contributed by atoms with E-state index >= 15 is 0 Å². The Morgan fingerprint density at radius 2 is 2.39 bits per heavy atom. The van der Waals surface area contributed by atoms with Crippen molar-refractivity contribution in [2.45, 2.75) is 13.2 Å². The Kier molecular flexibility index (Phi) is 3.90. The molecule has 92 valence electrons. The van der Waals surface area contributed by atoms with E-state index in [1.54, 1.807) is 7.11 Å². The summed E-state index contributed by atoms with van der Waals surface area (Å²) in [5, 5.41) is 10.4. The van der Waals surface area contributed by atoms with Crippen molar-refractivity contribution in [1.82, 2.24) is 15.2 Å². The summed E-state index contributed by atoms with van der Waals surface area (Å²) in [5.41, 5.74) is 10.1.